The van der Waals surface area contributed by atoms with Crippen LogP contribution in [0.25, 0.3) is 22.0 Å². The van der Waals surface area contributed by atoms with E-state index in [1.165, 1.54) is 34.7 Å². The molecule has 1 saturated heterocycles. The monoisotopic (exact) mass is 1010 g/mol. The Bertz CT molecular complexity index is 3060. The van der Waals surface area contributed by atoms with Crippen LogP contribution in [0.5, 0.6) is 5.75 Å². The van der Waals surface area contributed by atoms with Crippen molar-refractivity contribution in [1.29, 1.82) is 0 Å². The molecule has 1 saturated carbocycles. The van der Waals surface area contributed by atoms with E-state index in [0.717, 1.165) is 73.0 Å². The molecule has 1 unspecified atom stereocenters. The SMILES string of the molecule is Cn1cc(-c2cc(NS(C)(=O)=O)c(C(=O)NCCCCCc3cccc4c3CN(C3CCC(=O)NC3=O)C4=O)cc2OC2CCCCC2)c2cc(C(=O)NCCNC(=O)CCN3C(=O)C=CC3=O)[nH]c2c1=O. The number of pyridine rings is 1. The van der Waals surface area contributed by atoms with Gasteiger partial charge in [-0.15, -0.1) is 0 Å². The Kier molecular flexibility index (Phi) is 15.4. The topological polar surface area (TPSA) is 284 Å². The van der Waals surface area contributed by atoms with Gasteiger partial charge in [-0.1, -0.05) is 25.0 Å². The number of nitrogens with one attached hydrogen (secondary N) is 6. The molecule has 2 fully saturated rings. The molecule has 2 aromatic carbocycles. The predicted molar refractivity (Wildman–Crippen MR) is 263 cm³/mol. The number of sulfonamides is 1. The number of unbranched alkanes of at least 4 members (excludes halogenated alkanes) is 2. The van der Waals surface area contributed by atoms with Crippen LogP contribution < -0.4 is 36.3 Å². The van der Waals surface area contributed by atoms with Crippen LogP contribution in [-0.4, -0.2) is 120 Å². The molecule has 4 aromatic rings. The first-order chi connectivity index (χ1) is 34.4. The lowest BCUT2D eigenvalue weighted by atomic mass is 9.96. The van der Waals surface area contributed by atoms with Gasteiger partial charge >= 0.3 is 0 Å². The number of imide groups is 2. The molecule has 1 aliphatic carbocycles. The number of rotatable bonds is 20. The molecule has 22 heteroatoms. The molecular weight excluding hydrogens is 951 g/mol. The average Bonchev–Trinajstić information content (AvgIpc) is 4.04. The summed E-state index contributed by atoms with van der Waals surface area (Å²) in [4.78, 5) is 120. The largest absolute Gasteiger partial charge is 0.490 e. The van der Waals surface area contributed by atoms with Crippen molar-refractivity contribution < 1.29 is 51.5 Å². The Balaban J connectivity index is 0.958. The molecule has 8 amide bonds. The number of H-pyrrole nitrogens is 1. The number of benzene rings is 2. The molecule has 2 aromatic heterocycles. The van der Waals surface area contributed by atoms with E-state index in [1.807, 2.05) is 12.1 Å². The molecule has 0 spiro atoms. The molecule has 72 heavy (non-hydrogen) atoms. The van der Waals surface area contributed by atoms with Gasteiger partial charge < -0.3 is 35.1 Å². The third-order valence-corrected chi connectivity index (χ3v) is 13.9. The number of ether oxygens (including phenoxy) is 1. The summed E-state index contributed by atoms with van der Waals surface area (Å²) < 4.78 is 36.2. The summed E-state index contributed by atoms with van der Waals surface area (Å²) in [5, 5.41) is 10.9. The van der Waals surface area contributed by atoms with Crippen molar-refractivity contribution in [2.75, 3.05) is 37.2 Å². The Hall–Kier alpha value is -7.62. The first-order valence-corrected chi connectivity index (χ1v) is 26.0. The minimum Gasteiger partial charge on any atom is -0.490 e. The van der Waals surface area contributed by atoms with E-state index in [4.69, 9.17) is 4.74 Å². The van der Waals surface area contributed by atoms with Crippen molar-refractivity contribution >= 4 is 73.9 Å². The Morgan fingerprint density at radius 1 is 0.819 bits per heavy atom. The summed E-state index contributed by atoms with van der Waals surface area (Å²) >= 11 is 0. The van der Waals surface area contributed by atoms with Crippen molar-refractivity contribution in [2.24, 2.45) is 7.05 Å². The van der Waals surface area contributed by atoms with Crippen LogP contribution in [0.1, 0.15) is 113 Å². The quantitative estimate of drug-likeness (QED) is 0.0551. The fourth-order valence-electron chi connectivity index (χ4n) is 9.62. The van der Waals surface area contributed by atoms with Crippen molar-refractivity contribution in [3.05, 3.63) is 93.0 Å². The number of anilines is 1. The number of hydrogen-bond acceptors (Lipinski definition) is 12. The molecule has 3 aliphatic heterocycles. The Morgan fingerprint density at radius 2 is 1.56 bits per heavy atom. The lowest BCUT2D eigenvalue weighted by Crippen LogP contribution is -2.52. The van der Waals surface area contributed by atoms with Gasteiger partial charge in [-0.05, 0) is 86.8 Å². The minimum absolute atomic E-state index is 0.00444. The molecule has 0 bridgehead atoms. The number of aromatic nitrogens is 2. The number of piperidine rings is 1. The van der Waals surface area contributed by atoms with E-state index < -0.39 is 57.1 Å². The fourth-order valence-corrected chi connectivity index (χ4v) is 10.2. The van der Waals surface area contributed by atoms with Gasteiger partial charge in [-0.3, -0.25) is 58.1 Å². The summed E-state index contributed by atoms with van der Waals surface area (Å²) in [6.07, 6.45) is 11.9. The Labute approximate surface area is 414 Å². The number of hydrogen-bond donors (Lipinski definition) is 6. The second kappa shape index (κ2) is 21.8. The van der Waals surface area contributed by atoms with E-state index in [2.05, 4.69) is 31.0 Å². The number of aryl methyl sites for hydroxylation is 2. The number of aromatic amines is 1. The van der Waals surface area contributed by atoms with Gasteiger partial charge in [0.1, 0.15) is 23.0 Å². The number of nitrogens with zero attached hydrogens (tertiary/aromatic N) is 3. The minimum atomic E-state index is -3.95. The normalized spacial score (nSPS) is 17.1. The lowest BCUT2D eigenvalue weighted by molar-refractivity contribution is -0.138. The molecule has 4 aliphatic rings. The zero-order valence-electron chi connectivity index (χ0n) is 40.0. The zero-order valence-corrected chi connectivity index (χ0v) is 40.8. The van der Waals surface area contributed by atoms with Gasteiger partial charge in [-0.25, -0.2) is 8.42 Å². The van der Waals surface area contributed by atoms with Crippen molar-refractivity contribution in [3.63, 3.8) is 0 Å². The number of amides is 8. The van der Waals surface area contributed by atoms with E-state index in [-0.39, 0.29) is 98.1 Å². The van der Waals surface area contributed by atoms with Crippen molar-refractivity contribution in [2.45, 2.75) is 95.7 Å². The van der Waals surface area contributed by atoms with Gasteiger partial charge in [0.2, 0.25) is 27.7 Å². The second-order valence-corrected chi connectivity index (χ2v) is 20.3. The maximum atomic E-state index is 14.1. The highest BCUT2D eigenvalue weighted by Gasteiger charge is 2.40. The molecule has 1 atom stereocenters. The van der Waals surface area contributed by atoms with E-state index in [9.17, 15) is 51.6 Å². The van der Waals surface area contributed by atoms with Crippen LogP contribution in [0.15, 0.2) is 59.5 Å². The molecule has 6 N–H and O–H groups in total. The molecule has 5 heterocycles. The van der Waals surface area contributed by atoms with Gasteiger partial charge in [0.15, 0.2) is 0 Å². The summed E-state index contributed by atoms with van der Waals surface area (Å²) in [5.41, 5.74) is 2.79. The van der Waals surface area contributed by atoms with E-state index >= 15 is 0 Å². The molecule has 380 valence electrons. The fraction of sp³-hybridized carbons (Fsp3) is 0.420. The third kappa shape index (κ3) is 11.6. The number of fused-ring (bicyclic) bond motifs is 2. The lowest BCUT2D eigenvalue weighted by Gasteiger charge is -2.29. The predicted octanol–water partition coefficient (Wildman–Crippen LogP) is 2.68. The maximum Gasteiger partial charge on any atom is 0.274 e. The number of carbonyl (C=O) groups excluding carboxylic acids is 8. The highest BCUT2D eigenvalue weighted by Crippen LogP contribution is 2.40. The first kappa shape index (κ1) is 50.8. The van der Waals surface area contributed by atoms with Crippen LogP contribution >= 0.6 is 0 Å². The average molecular weight is 1010 g/mol. The summed E-state index contributed by atoms with van der Waals surface area (Å²) in [7, 11) is -2.41. The van der Waals surface area contributed by atoms with Crippen molar-refractivity contribution in [1.82, 2.24) is 40.6 Å². The van der Waals surface area contributed by atoms with E-state index in [1.54, 1.807) is 12.3 Å². The standard InChI is InChI=1S/C50H57N9O12S/c1-57-27-36(33-25-38(54-45(33)50(57)68)47(65)53-22-21-51-41(60)19-23-58-43(62)17-18-44(58)63)32-24-37(56-72(2,69)70)34(26-40(32)71-30-12-6-3-7-13-30)46(64)52-20-8-4-5-10-29-11-9-14-31-35(29)28-59(49(31)67)39-15-16-42(61)55-48(39)66/h9,11,14,17-18,24-27,30,39,54,56H,3-8,10,12-13,15-16,19-23,28H2,1-2H3,(H,51,60)(H,52,64)(H,53,65)(H,55,61,66). The molecule has 0 radical (unpaired) electrons. The third-order valence-electron chi connectivity index (χ3n) is 13.3. The van der Waals surface area contributed by atoms with Gasteiger partial charge in [-0.2, -0.15) is 0 Å². The summed E-state index contributed by atoms with van der Waals surface area (Å²) in [5.74, 6) is -3.34. The zero-order chi connectivity index (χ0) is 51.3. The van der Waals surface area contributed by atoms with Crippen molar-refractivity contribution in [3.8, 4) is 16.9 Å². The second-order valence-electron chi connectivity index (χ2n) is 18.5. The van der Waals surface area contributed by atoms with E-state index in [0.29, 0.717) is 41.3 Å². The summed E-state index contributed by atoms with van der Waals surface area (Å²) in [6, 6.07) is 9.32. The Morgan fingerprint density at radius 3 is 2.29 bits per heavy atom. The van der Waals surface area contributed by atoms with Gasteiger partial charge in [0.25, 0.3) is 35.1 Å². The van der Waals surface area contributed by atoms with Crippen LogP contribution in [-0.2, 0) is 54.0 Å². The van der Waals surface area contributed by atoms with Crippen LogP contribution in [0, 0.1) is 0 Å². The molecule has 8 rings (SSSR count). The highest BCUT2D eigenvalue weighted by molar-refractivity contribution is 7.92. The van der Waals surface area contributed by atoms with Gasteiger partial charge in [0, 0.05) is 93.0 Å². The number of carbonyl (C=O) groups is 8. The van der Waals surface area contributed by atoms with Crippen LogP contribution in [0.2, 0.25) is 0 Å². The summed E-state index contributed by atoms with van der Waals surface area (Å²) in [6.45, 7) is 0.486. The molecule has 21 nitrogen and oxygen atoms in total. The molecular formula is C50H57N9O12S. The highest BCUT2D eigenvalue weighted by atomic mass is 32.2. The smallest absolute Gasteiger partial charge is 0.274 e. The van der Waals surface area contributed by atoms with Crippen LogP contribution in [0.3, 0.4) is 0 Å². The van der Waals surface area contributed by atoms with Crippen LogP contribution in [0.4, 0.5) is 5.69 Å². The maximum absolute atomic E-state index is 14.1. The van der Waals surface area contributed by atoms with Gasteiger partial charge in [0.05, 0.1) is 23.6 Å². The first-order valence-electron chi connectivity index (χ1n) is 24.1.